The minimum Gasteiger partial charge on any atom is -0.497 e. The summed E-state index contributed by atoms with van der Waals surface area (Å²) in [7, 11) is 1.56. The highest BCUT2D eigenvalue weighted by Crippen LogP contribution is 2.28. The van der Waals surface area contributed by atoms with E-state index in [-0.39, 0.29) is 0 Å². The monoisotopic (exact) mass is 324 g/mol. The van der Waals surface area contributed by atoms with E-state index in [9.17, 15) is 4.79 Å². The van der Waals surface area contributed by atoms with Gasteiger partial charge in [-0.25, -0.2) is 4.79 Å². The van der Waals surface area contributed by atoms with E-state index in [1.165, 1.54) is 17.4 Å². The molecule has 0 aliphatic rings. The summed E-state index contributed by atoms with van der Waals surface area (Å²) in [6.45, 7) is 0.360. The Labute approximate surface area is 131 Å². The molecule has 1 heterocycles. The van der Waals surface area contributed by atoms with Gasteiger partial charge in [-0.3, -0.25) is 0 Å². The summed E-state index contributed by atoms with van der Waals surface area (Å²) in [5, 5.41) is 8.71. The molecule has 4 nitrogen and oxygen atoms in total. The maximum atomic E-state index is 10.6. The van der Waals surface area contributed by atoms with Crippen LogP contribution < -0.4 is 9.47 Å². The van der Waals surface area contributed by atoms with Gasteiger partial charge in [0.2, 0.25) is 0 Å². The maximum Gasteiger partial charge on any atom is 0.328 e. The van der Waals surface area contributed by atoms with Crippen molar-refractivity contribution in [1.29, 1.82) is 0 Å². The second-order valence-corrected chi connectivity index (χ2v) is 5.87. The molecule has 1 N–H and O–H groups in total. The van der Waals surface area contributed by atoms with Crippen LogP contribution >= 0.6 is 22.9 Å². The Kier molecular flexibility index (Phi) is 5.25. The van der Waals surface area contributed by atoms with Crippen molar-refractivity contribution in [3.05, 3.63) is 51.2 Å². The van der Waals surface area contributed by atoms with Gasteiger partial charge in [0, 0.05) is 22.6 Å². The number of halogens is 1. The first-order valence-electron chi connectivity index (χ1n) is 6.04. The van der Waals surface area contributed by atoms with Crippen molar-refractivity contribution in [2.45, 2.75) is 6.61 Å². The smallest absolute Gasteiger partial charge is 0.328 e. The zero-order valence-corrected chi connectivity index (χ0v) is 12.8. The quantitative estimate of drug-likeness (QED) is 0.813. The third-order valence-corrected chi connectivity index (χ3v) is 3.83. The van der Waals surface area contributed by atoms with Crippen molar-refractivity contribution in [3.8, 4) is 11.5 Å². The van der Waals surface area contributed by atoms with Crippen molar-refractivity contribution in [2.24, 2.45) is 0 Å². The molecule has 0 amide bonds. The predicted molar refractivity (Wildman–Crippen MR) is 83.3 cm³/mol. The lowest BCUT2D eigenvalue weighted by Crippen LogP contribution is -1.96. The van der Waals surface area contributed by atoms with E-state index in [4.69, 9.17) is 26.2 Å². The molecule has 0 atom stereocenters. The molecule has 2 rings (SSSR count). The van der Waals surface area contributed by atoms with Crippen molar-refractivity contribution >= 4 is 35.0 Å². The molecule has 110 valence electrons. The number of rotatable bonds is 6. The average molecular weight is 325 g/mol. The number of carboxylic acid groups (broad SMARTS) is 1. The summed E-state index contributed by atoms with van der Waals surface area (Å²) in [6, 6.07) is 8.91. The molecule has 0 saturated heterocycles. The van der Waals surface area contributed by atoms with Crippen LogP contribution in [0.4, 0.5) is 0 Å². The lowest BCUT2D eigenvalue weighted by molar-refractivity contribution is -0.131. The number of thiophene rings is 1. The van der Waals surface area contributed by atoms with Crippen molar-refractivity contribution in [3.63, 3.8) is 0 Å². The van der Waals surface area contributed by atoms with Gasteiger partial charge < -0.3 is 14.6 Å². The second kappa shape index (κ2) is 7.15. The molecule has 21 heavy (non-hydrogen) atoms. The predicted octanol–water partition coefficient (Wildman–Crippen LogP) is 4.09. The first-order chi connectivity index (χ1) is 10.1. The highest BCUT2D eigenvalue weighted by atomic mass is 35.5. The summed E-state index contributed by atoms with van der Waals surface area (Å²) in [5.74, 6) is 0.180. The summed E-state index contributed by atoms with van der Waals surface area (Å²) >= 11 is 7.31. The molecular weight excluding hydrogens is 312 g/mol. The average Bonchev–Trinajstić information content (AvgIpc) is 2.88. The fourth-order valence-corrected chi connectivity index (χ4v) is 2.64. The largest absolute Gasteiger partial charge is 0.497 e. The lowest BCUT2D eigenvalue weighted by atomic mass is 10.1. The summed E-state index contributed by atoms with van der Waals surface area (Å²) in [5.41, 5.74) is 0.667. The summed E-state index contributed by atoms with van der Waals surface area (Å²) in [4.78, 5) is 11.6. The van der Waals surface area contributed by atoms with Gasteiger partial charge >= 0.3 is 5.97 Å². The molecule has 0 aliphatic heterocycles. The number of aliphatic carboxylic acids is 1. The number of hydrogen-bond donors (Lipinski definition) is 1. The third-order valence-electron chi connectivity index (χ3n) is 2.62. The van der Waals surface area contributed by atoms with Crippen LogP contribution in [0.2, 0.25) is 4.34 Å². The maximum absolute atomic E-state index is 10.6. The topological polar surface area (TPSA) is 55.8 Å². The van der Waals surface area contributed by atoms with Gasteiger partial charge in [-0.2, -0.15) is 0 Å². The second-order valence-electron chi connectivity index (χ2n) is 4.07. The number of carbonyl (C=O) groups is 1. The van der Waals surface area contributed by atoms with Crippen molar-refractivity contribution in [2.75, 3.05) is 7.11 Å². The van der Waals surface area contributed by atoms with Gasteiger partial charge in [0.25, 0.3) is 0 Å². The first-order valence-corrected chi connectivity index (χ1v) is 7.24. The molecule has 1 aromatic carbocycles. The molecular formula is C15H13ClO4S. The van der Waals surface area contributed by atoms with E-state index in [0.29, 0.717) is 28.0 Å². The summed E-state index contributed by atoms with van der Waals surface area (Å²) in [6.07, 6.45) is 2.55. The fraction of sp³-hybridized carbons (Fsp3) is 0.133. The van der Waals surface area contributed by atoms with Crippen LogP contribution in [0.15, 0.2) is 36.4 Å². The number of carboxylic acids is 1. The van der Waals surface area contributed by atoms with E-state index in [2.05, 4.69) is 0 Å². The Morgan fingerprint density at radius 1 is 1.38 bits per heavy atom. The number of ether oxygens (including phenoxy) is 2. The molecule has 0 fully saturated rings. The van der Waals surface area contributed by atoms with Crippen LogP contribution in [0.25, 0.3) is 6.08 Å². The van der Waals surface area contributed by atoms with E-state index in [0.717, 1.165) is 11.0 Å². The van der Waals surface area contributed by atoms with Crippen LogP contribution in [0.5, 0.6) is 11.5 Å². The van der Waals surface area contributed by atoms with Crippen molar-refractivity contribution < 1.29 is 19.4 Å². The Morgan fingerprint density at radius 2 is 2.19 bits per heavy atom. The molecule has 0 unspecified atom stereocenters. The highest BCUT2D eigenvalue weighted by Gasteiger charge is 2.06. The van der Waals surface area contributed by atoms with Crippen LogP contribution in [0.3, 0.4) is 0 Å². The van der Waals surface area contributed by atoms with Crippen LogP contribution in [0, 0.1) is 0 Å². The van der Waals surface area contributed by atoms with E-state index in [1.807, 2.05) is 12.1 Å². The van der Waals surface area contributed by atoms with E-state index < -0.39 is 5.97 Å². The number of methoxy groups -OCH3 is 1. The van der Waals surface area contributed by atoms with Crippen LogP contribution in [-0.4, -0.2) is 18.2 Å². The molecule has 1 aromatic heterocycles. The third kappa shape index (κ3) is 4.51. The standard InChI is InChI=1S/C15H13ClO4S/c1-19-11-4-2-10(3-7-15(17)18)13(8-11)20-9-12-5-6-14(16)21-12/h2-8H,9H2,1H3,(H,17,18). The minimum absolute atomic E-state index is 0.360. The van der Waals surface area contributed by atoms with E-state index >= 15 is 0 Å². The normalized spacial score (nSPS) is 10.8. The molecule has 0 spiro atoms. The zero-order chi connectivity index (χ0) is 15.2. The van der Waals surface area contributed by atoms with Crippen LogP contribution in [-0.2, 0) is 11.4 Å². The van der Waals surface area contributed by atoms with E-state index in [1.54, 1.807) is 25.3 Å². The Balaban J connectivity index is 2.19. The van der Waals surface area contributed by atoms with Crippen LogP contribution in [0.1, 0.15) is 10.4 Å². The van der Waals surface area contributed by atoms with Gasteiger partial charge in [0.05, 0.1) is 11.4 Å². The van der Waals surface area contributed by atoms with Gasteiger partial charge in [-0.1, -0.05) is 11.6 Å². The zero-order valence-electron chi connectivity index (χ0n) is 11.2. The Bertz CT molecular complexity index is 663. The molecule has 6 heteroatoms. The van der Waals surface area contributed by atoms with Gasteiger partial charge in [0.15, 0.2) is 0 Å². The minimum atomic E-state index is -1.01. The van der Waals surface area contributed by atoms with Gasteiger partial charge in [-0.05, 0) is 30.3 Å². The Hall–Kier alpha value is -1.98. The molecule has 0 saturated carbocycles. The fourth-order valence-electron chi connectivity index (χ4n) is 1.64. The molecule has 0 bridgehead atoms. The lowest BCUT2D eigenvalue weighted by Gasteiger charge is -2.10. The van der Waals surface area contributed by atoms with Gasteiger partial charge in [0.1, 0.15) is 18.1 Å². The summed E-state index contributed by atoms with van der Waals surface area (Å²) < 4.78 is 11.6. The molecule has 0 radical (unpaired) electrons. The highest BCUT2D eigenvalue weighted by molar-refractivity contribution is 7.16. The molecule has 0 aliphatic carbocycles. The SMILES string of the molecule is COc1ccc(C=CC(=O)O)c(OCc2ccc(Cl)s2)c1. The molecule has 2 aromatic rings. The Morgan fingerprint density at radius 3 is 2.81 bits per heavy atom. The first kappa shape index (κ1) is 15.4. The number of hydrogen-bond acceptors (Lipinski definition) is 4. The number of benzene rings is 1. The van der Waals surface area contributed by atoms with Crippen molar-refractivity contribution in [1.82, 2.24) is 0 Å². The van der Waals surface area contributed by atoms with Gasteiger partial charge in [-0.15, -0.1) is 11.3 Å².